The van der Waals surface area contributed by atoms with E-state index < -0.39 is 12.2 Å². The van der Waals surface area contributed by atoms with Crippen LogP contribution in [0, 0.1) is 17.3 Å². The maximum Gasteiger partial charge on any atom is 0.315 e. The number of rotatable bonds is 3. The molecule has 5 atom stereocenters. The van der Waals surface area contributed by atoms with Crippen LogP contribution in [-0.2, 0) is 4.79 Å². The van der Waals surface area contributed by atoms with Crippen molar-refractivity contribution in [1.29, 1.82) is 0 Å². The Labute approximate surface area is 196 Å². The van der Waals surface area contributed by atoms with Crippen LogP contribution < -0.4 is 10.6 Å². The lowest BCUT2D eigenvalue weighted by molar-refractivity contribution is -0.133. The molecule has 6 nitrogen and oxygen atoms in total. The van der Waals surface area contributed by atoms with E-state index in [4.69, 9.17) is 16.6 Å². The predicted molar refractivity (Wildman–Crippen MR) is 125 cm³/mol. The maximum absolute atomic E-state index is 14.5. The van der Waals surface area contributed by atoms with Gasteiger partial charge in [0, 0.05) is 17.3 Å². The Bertz CT molecular complexity index is 747. The number of nitrogens with zero attached hydrogens (tertiary/aromatic N) is 2. The van der Waals surface area contributed by atoms with Crippen molar-refractivity contribution in [3.8, 4) is 0 Å². The molecule has 1 saturated heterocycles. The zero-order valence-electron chi connectivity index (χ0n) is 19.6. The van der Waals surface area contributed by atoms with Crippen LogP contribution in [0.3, 0.4) is 0 Å². The Morgan fingerprint density at radius 2 is 1.81 bits per heavy atom. The van der Waals surface area contributed by atoms with Crippen LogP contribution in [-0.4, -0.2) is 58.9 Å². The summed E-state index contributed by atoms with van der Waals surface area (Å²) in [5.41, 5.74) is -0.326. The van der Waals surface area contributed by atoms with Gasteiger partial charge in [-0.2, -0.15) is 0 Å². The minimum atomic E-state index is -0.817. The van der Waals surface area contributed by atoms with Gasteiger partial charge in [-0.3, -0.25) is 14.7 Å². The third-order valence-corrected chi connectivity index (χ3v) is 8.13. The first-order chi connectivity index (χ1) is 15.1. The number of hydrogen-bond acceptors (Lipinski definition) is 3. The van der Waals surface area contributed by atoms with E-state index in [0.717, 1.165) is 44.4 Å². The first kappa shape index (κ1) is 23.8. The SMILES string of the molecule is CC(C)(C)C1=NC(C2CCC(Cl)CC2)C(C2CCCC(F)C2)N1C(=O)C1CCNC(=O)N1. The van der Waals surface area contributed by atoms with E-state index in [1.54, 1.807) is 0 Å². The van der Waals surface area contributed by atoms with Gasteiger partial charge in [0.1, 0.15) is 18.0 Å². The van der Waals surface area contributed by atoms with E-state index in [-0.39, 0.29) is 40.7 Å². The van der Waals surface area contributed by atoms with Crippen LogP contribution in [0.5, 0.6) is 0 Å². The molecule has 0 aromatic rings. The Hall–Kier alpha value is -1.37. The number of nitrogens with one attached hydrogen (secondary N) is 2. The van der Waals surface area contributed by atoms with Gasteiger partial charge in [0.05, 0.1) is 12.1 Å². The van der Waals surface area contributed by atoms with Crippen molar-refractivity contribution in [2.24, 2.45) is 22.2 Å². The molecular weight excluding hydrogens is 431 g/mol. The summed E-state index contributed by atoms with van der Waals surface area (Å²) in [6.07, 6.45) is 6.50. The summed E-state index contributed by atoms with van der Waals surface area (Å²) in [6, 6.07) is -1.04. The van der Waals surface area contributed by atoms with Crippen LogP contribution in [0.4, 0.5) is 9.18 Å². The van der Waals surface area contributed by atoms with Crippen molar-refractivity contribution in [2.75, 3.05) is 6.54 Å². The number of carbonyl (C=O) groups excluding carboxylic acids is 2. The monoisotopic (exact) mass is 468 g/mol. The second kappa shape index (κ2) is 9.47. The number of alkyl halides is 2. The highest BCUT2D eigenvalue weighted by atomic mass is 35.5. The fourth-order valence-electron chi connectivity index (χ4n) is 6.11. The van der Waals surface area contributed by atoms with Gasteiger partial charge in [0.25, 0.3) is 5.91 Å². The van der Waals surface area contributed by atoms with Gasteiger partial charge in [-0.1, -0.05) is 27.2 Å². The van der Waals surface area contributed by atoms with Crippen molar-refractivity contribution in [3.05, 3.63) is 0 Å². The number of amides is 3. The van der Waals surface area contributed by atoms with Gasteiger partial charge in [-0.15, -0.1) is 11.6 Å². The lowest BCUT2D eigenvalue weighted by Crippen LogP contribution is -2.61. The van der Waals surface area contributed by atoms with Gasteiger partial charge < -0.3 is 10.6 Å². The Morgan fingerprint density at radius 1 is 1.09 bits per heavy atom. The summed E-state index contributed by atoms with van der Waals surface area (Å²) in [7, 11) is 0. The predicted octanol–water partition coefficient (Wildman–Crippen LogP) is 4.41. The minimum absolute atomic E-state index is 0.0231. The van der Waals surface area contributed by atoms with Gasteiger partial charge in [0.2, 0.25) is 0 Å². The summed E-state index contributed by atoms with van der Waals surface area (Å²) < 4.78 is 14.5. The molecule has 32 heavy (non-hydrogen) atoms. The van der Waals surface area contributed by atoms with E-state index in [1.807, 2.05) is 4.90 Å². The Kier molecular flexibility index (Phi) is 7.04. The summed E-state index contributed by atoms with van der Waals surface area (Å²) in [6.45, 7) is 6.73. The molecule has 0 radical (unpaired) electrons. The number of aliphatic imine (C=N–C) groups is 1. The molecule has 0 bridgehead atoms. The fourth-order valence-corrected chi connectivity index (χ4v) is 6.37. The second-order valence-corrected chi connectivity index (χ2v) is 11.8. The molecule has 3 amide bonds. The molecular formula is C24H38ClFN4O2. The highest BCUT2D eigenvalue weighted by Crippen LogP contribution is 2.44. The van der Waals surface area contributed by atoms with Gasteiger partial charge in [-0.25, -0.2) is 9.18 Å². The number of urea groups is 1. The first-order valence-electron chi connectivity index (χ1n) is 12.4. The fraction of sp³-hybridized carbons (Fsp3) is 0.875. The quantitative estimate of drug-likeness (QED) is 0.602. The summed E-state index contributed by atoms with van der Waals surface area (Å²) >= 11 is 6.39. The van der Waals surface area contributed by atoms with Gasteiger partial charge in [0.15, 0.2) is 0 Å². The molecule has 4 rings (SSSR count). The molecule has 8 heteroatoms. The van der Waals surface area contributed by atoms with Gasteiger partial charge in [-0.05, 0) is 63.2 Å². The Balaban J connectivity index is 1.69. The van der Waals surface area contributed by atoms with Crippen LogP contribution in [0.2, 0.25) is 0 Å². The minimum Gasteiger partial charge on any atom is -0.338 e. The third kappa shape index (κ3) is 4.92. The first-order valence-corrected chi connectivity index (χ1v) is 12.8. The third-order valence-electron chi connectivity index (χ3n) is 7.70. The molecule has 180 valence electrons. The molecule has 2 aliphatic carbocycles. The zero-order valence-corrected chi connectivity index (χ0v) is 20.3. The number of carbonyl (C=O) groups is 2. The van der Waals surface area contributed by atoms with E-state index in [2.05, 4.69) is 31.4 Å². The number of amidine groups is 1. The second-order valence-electron chi connectivity index (χ2n) is 11.2. The summed E-state index contributed by atoms with van der Waals surface area (Å²) in [5.74, 6) is 1.14. The molecule has 5 unspecified atom stereocenters. The highest BCUT2D eigenvalue weighted by Gasteiger charge is 2.51. The molecule has 4 aliphatic rings. The van der Waals surface area contributed by atoms with Crippen LogP contribution in [0.15, 0.2) is 4.99 Å². The van der Waals surface area contributed by atoms with E-state index >= 15 is 0 Å². The lowest BCUT2D eigenvalue weighted by atomic mass is 9.73. The van der Waals surface area contributed by atoms with Crippen molar-refractivity contribution in [3.63, 3.8) is 0 Å². The highest BCUT2D eigenvalue weighted by molar-refractivity contribution is 6.20. The van der Waals surface area contributed by atoms with E-state index in [0.29, 0.717) is 31.7 Å². The zero-order chi connectivity index (χ0) is 23.0. The van der Waals surface area contributed by atoms with Crippen molar-refractivity contribution in [1.82, 2.24) is 15.5 Å². The average Bonchev–Trinajstić information content (AvgIpc) is 3.15. The molecule has 0 aromatic heterocycles. The van der Waals surface area contributed by atoms with Crippen LogP contribution in [0.25, 0.3) is 0 Å². The number of hydrogen-bond donors (Lipinski definition) is 2. The molecule has 0 spiro atoms. The molecule has 2 saturated carbocycles. The summed E-state index contributed by atoms with van der Waals surface area (Å²) in [5, 5.41) is 5.75. The van der Waals surface area contributed by atoms with Crippen molar-refractivity contribution in [2.45, 2.75) is 108 Å². The van der Waals surface area contributed by atoms with E-state index in [9.17, 15) is 14.0 Å². The molecule has 2 aliphatic heterocycles. The van der Waals surface area contributed by atoms with Crippen molar-refractivity contribution < 1.29 is 14.0 Å². The van der Waals surface area contributed by atoms with Crippen molar-refractivity contribution >= 4 is 29.4 Å². The van der Waals surface area contributed by atoms with Crippen LogP contribution >= 0.6 is 11.6 Å². The molecule has 0 aromatic carbocycles. The Morgan fingerprint density at radius 3 is 2.44 bits per heavy atom. The standard InChI is InChI=1S/C24H38ClFN4O2/c1-24(2,3)22-29-19(14-7-9-16(25)10-8-14)20(15-5-4-6-17(26)13-15)30(22)21(31)18-11-12-27-23(32)28-18/h14-20H,4-13H2,1-3H3,(H2,27,28,32). The van der Waals surface area contributed by atoms with E-state index in [1.165, 1.54) is 0 Å². The topological polar surface area (TPSA) is 73.8 Å². The maximum atomic E-state index is 14.5. The van der Waals surface area contributed by atoms with Gasteiger partial charge >= 0.3 is 6.03 Å². The number of halogens is 2. The molecule has 2 N–H and O–H groups in total. The largest absolute Gasteiger partial charge is 0.338 e. The normalized spacial score (nSPS) is 38.7. The molecule has 3 fully saturated rings. The average molecular weight is 469 g/mol. The smallest absolute Gasteiger partial charge is 0.315 e. The summed E-state index contributed by atoms with van der Waals surface area (Å²) in [4.78, 5) is 33.0. The lowest BCUT2D eigenvalue weighted by Gasteiger charge is -2.43. The van der Waals surface area contributed by atoms with Crippen LogP contribution in [0.1, 0.15) is 78.6 Å². The molecule has 2 heterocycles.